The lowest BCUT2D eigenvalue weighted by Gasteiger charge is -2.18. The Hall–Kier alpha value is -3.14. The van der Waals surface area contributed by atoms with Crippen molar-refractivity contribution >= 4 is 22.9 Å². The van der Waals surface area contributed by atoms with Gasteiger partial charge in [0.05, 0.1) is 12.2 Å². The number of nitrogens with zero attached hydrogens (tertiary/aromatic N) is 4. The number of anilines is 1. The van der Waals surface area contributed by atoms with Gasteiger partial charge in [0.15, 0.2) is 5.65 Å². The number of aromatic nitrogens is 3. The fourth-order valence-corrected chi connectivity index (χ4v) is 3.79. The van der Waals surface area contributed by atoms with E-state index in [0.29, 0.717) is 31.9 Å². The highest BCUT2D eigenvalue weighted by Gasteiger charge is 2.32. The van der Waals surface area contributed by atoms with Crippen LogP contribution < -0.4 is 5.32 Å². The molecule has 0 saturated carbocycles. The van der Waals surface area contributed by atoms with Gasteiger partial charge < -0.3 is 19.5 Å². The molecule has 164 valence electrons. The van der Waals surface area contributed by atoms with Gasteiger partial charge in [0.25, 0.3) is 0 Å². The Kier molecular flexibility index (Phi) is 5.81. The SMILES string of the molecule is COCCn1c([C@@H]2CCN(C(=O)Nc3ccc(C(F)(F)F)cc3)C2)nc2cccnc21. The topological polar surface area (TPSA) is 72.3 Å². The fraction of sp³-hybridized carbons (Fsp3) is 0.381. The Morgan fingerprint density at radius 2 is 2.03 bits per heavy atom. The molecule has 0 spiro atoms. The van der Waals surface area contributed by atoms with Crippen molar-refractivity contribution in [2.45, 2.75) is 25.1 Å². The summed E-state index contributed by atoms with van der Waals surface area (Å²) in [5.41, 5.74) is 1.14. The summed E-state index contributed by atoms with van der Waals surface area (Å²) in [4.78, 5) is 23.5. The number of pyridine rings is 1. The largest absolute Gasteiger partial charge is 0.416 e. The number of hydrogen-bond acceptors (Lipinski definition) is 4. The number of carbonyl (C=O) groups excluding carboxylic acids is 1. The average Bonchev–Trinajstić information content (AvgIpc) is 3.37. The van der Waals surface area contributed by atoms with Crippen molar-refractivity contribution < 1.29 is 22.7 Å². The first-order valence-electron chi connectivity index (χ1n) is 9.90. The van der Waals surface area contributed by atoms with Crippen LogP contribution in [0.5, 0.6) is 0 Å². The van der Waals surface area contributed by atoms with Gasteiger partial charge in [0.2, 0.25) is 0 Å². The molecular weight excluding hydrogens is 411 g/mol. The van der Waals surface area contributed by atoms with E-state index in [2.05, 4.69) is 10.3 Å². The molecule has 1 aromatic carbocycles. The summed E-state index contributed by atoms with van der Waals surface area (Å²) in [5, 5.41) is 2.67. The van der Waals surface area contributed by atoms with Crippen LogP contribution in [0, 0.1) is 0 Å². The minimum atomic E-state index is -4.41. The van der Waals surface area contributed by atoms with E-state index in [9.17, 15) is 18.0 Å². The lowest BCUT2D eigenvalue weighted by Crippen LogP contribution is -2.33. The van der Waals surface area contributed by atoms with Crippen molar-refractivity contribution in [3.8, 4) is 0 Å². The Morgan fingerprint density at radius 3 is 2.74 bits per heavy atom. The Labute approximate surface area is 176 Å². The van der Waals surface area contributed by atoms with Gasteiger partial charge in [-0.1, -0.05) is 0 Å². The van der Waals surface area contributed by atoms with E-state index in [-0.39, 0.29) is 11.9 Å². The summed E-state index contributed by atoms with van der Waals surface area (Å²) >= 11 is 0. The van der Waals surface area contributed by atoms with Gasteiger partial charge in [0, 0.05) is 44.5 Å². The van der Waals surface area contributed by atoms with Crippen LogP contribution in [0.25, 0.3) is 11.2 Å². The standard InChI is InChI=1S/C21H22F3N5O2/c1-31-12-11-29-18(27-17-3-2-9-25-19(17)29)14-8-10-28(13-14)20(30)26-16-6-4-15(5-7-16)21(22,23)24/h2-7,9,14H,8,10-13H2,1H3,(H,26,30)/t14-/m1/s1. The molecule has 0 unspecified atom stereocenters. The van der Waals surface area contributed by atoms with Crippen LogP contribution in [0.4, 0.5) is 23.7 Å². The monoisotopic (exact) mass is 433 g/mol. The van der Waals surface area contributed by atoms with Gasteiger partial charge in [-0.3, -0.25) is 0 Å². The number of nitrogens with one attached hydrogen (secondary N) is 1. The molecule has 3 heterocycles. The van der Waals surface area contributed by atoms with Gasteiger partial charge in [-0.25, -0.2) is 14.8 Å². The third-order valence-electron chi connectivity index (χ3n) is 5.36. The second kappa shape index (κ2) is 8.54. The lowest BCUT2D eigenvalue weighted by molar-refractivity contribution is -0.137. The van der Waals surface area contributed by atoms with Crippen LogP contribution in [0.15, 0.2) is 42.6 Å². The third-order valence-corrected chi connectivity index (χ3v) is 5.36. The molecule has 1 atom stereocenters. The Morgan fingerprint density at radius 1 is 1.26 bits per heavy atom. The van der Waals surface area contributed by atoms with Crippen LogP contribution in [0.1, 0.15) is 23.7 Å². The molecular formula is C21H22F3N5O2. The van der Waals surface area contributed by atoms with Crippen molar-refractivity contribution in [3.63, 3.8) is 0 Å². The second-order valence-corrected chi connectivity index (χ2v) is 7.40. The summed E-state index contributed by atoms with van der Waals surface area (Å²) < 4.78 is 45.4. The molecule has 0 radical (unpaired) electrons. The first-order valence-corrected chi connectivity index (χ1v) is 9.90. The maximum absolute atomic E-state index is 12.7. The molecule has 0 aliphatic carbocycles. The summed E-state index contributed by atoms with van der Waals surface area (Å²) in [6.07, 6.45) is -1.96. The molecule has 3 aromatic rings. The molecule has 1 fully saturated rings. The minimum absolute atomic E-state index is 0.0319. The quantitative estimate of drug-likeness (QED) is 0.657. The van der Waals surface area contributed by atoms with Gasteiger partial charge in [-0.05, 0) is 42.8 Å². The van der Waals surface area contributed by atoms with Crippen LogP contribution in [-0.2, 0) is 17.5 Å². The zero-order valence-corrected chi connectivity index (χ0v) is 16.9. The van der Waals surface area contributed by atoms with Gasteiger partial charge in [-0.15, -0.1) is 0 Å². The number of halogens is 3. The van der Waals surface area contributed by atoms with Crippen LogP contribution in [0.2, 0.25) is 0 Å². The van der Waals surface area contributed by atoms with Gasteiger partial charge in [0.1, 0.15) is 11.3 Å². The molecule has 7 nitrogen and oxygen atoms in total. The number of urea groups is 1. The van der Waals surface area contributed by atoms with Gasteiger partial charge in [-0.2, -0.15) is 13.2 Å². The molecule has 31 heavy (non-hydrogen) atoms. The number of alkyl halides is 3. The summed E-state index contributed by atoms with van der Waals surface area (Å²) in [7, 11) is 1.63. The number of fused-ring (bicyclic) bond motifs is 1. The first kappa shape index (κ1) is 21.1. The van der Waals surface area contributed by atoms with Crippen LogP contribution >= 0.6 is 0 Å². The van der Waals surface area contributed by atoms with Crippen molar-refractivity contribution in [2.24, 2.45) is 0 Å². The predicted molar refractivity (Wildman–Crippen MR) is 109 cm³/mol. The van der Waals surface area contributed by atoms with E-state index in [0.717, 1.165) is 35.5 Å². The maximum Gasteiger partial charge on any atom is 0.416 e. The molecule has 2 amide bonds. The highest BCUT2D eigenvalue weighted by Crippen LogP contribution is 2.31. The zero-order valence-electron chi connectivity index (χ0n) is 16.9. The normalized spacial score (nSPS) is 16.8. The minimum Gasteiger partial charge on any atom is -0.383 e. The number of ether oxygens (including phenoxy) is 1. The maximum atomic E-state index is 12.7. The molecule has 2 aromatic heterocycles. The molecule has 1 N–H and O–H groups in total. The first-order chi connectivity index (χ1) is 14.9. The lowest BCUT2D eigenvalue weighted by atomic mass is 10.1. The molecule has 1 saturated heterocycles. The fourth-order valence-electron chi connectivity index (χ4n) is 3.79. The van der Waals surface area contributed by atoms with Crippen molar-refractivity contribution in [3.05, 3.63) is 54.0 Å². The molecule has 1 aliphatic heterocycles. The summed E-state index contributed by atoms with van der Waals surface area (Å²) in [6.45, 7) is 2.11. The second-order valence-electron chi connectivity index (χ2n) is 7.40. The van der Waals surface area contributed by atoms with E-state index >= 15 is 0 Å². The van der Waals surface area contributed by atoms with Crippen LogP contribution in [-0.4, -0.2) is 52.3 Å². The van der Waals surface area contributed by atoms with Crippen molar-refractivity contribution in [1.29, 1.82) is 0 Å². The third kappa shape index (κ3) is 4.48. The molecule has 4 rings (SSSR count). The smallest absolute Gasteiger partial charge is 0.383 e. The van der Waals surface area contributed by atoms with Gasteiger partial charge >= 0.3 is 12.2 Å². The number of methoxy groups -OCH3 is 1. The number of imidazole rings is 1. The molecule has 1 aliphatic rings. The number of amides is 2. The van der Waals surface area contributed by atoms with E-state index in [1.54, 1.807) is 18.2 Å². The Balaban J connectivity index is 1.46. The highest BCUT2D eigenvalue weighted by molar-refractivity contribution is 5.89. The summed E-state index contributed by atoms with van der Waals surface area (Å²) in [5.74, 6) is 0.889. The van der Waals surface area contributed by atoms with E-state index in [1.165, 1.54) is 12.1 Å². The summed E-state index contributed by atoms with van der Waals surface area (Å²) in [6, 6.07) is 7.80. The van der Waals surface area contributed by atoms with Crippen molar-refractivity contribution in [2.75, 3.05) is 32.1 Å². The Bertz CT molecular complexity index is 1070. The van der Waals surface area contributed by atoms with E-state index in [1.807, 2.05) is 16.7 Å². The van der Waals surface area contributed by atoms with E-state index < -0.39 is 11.7 Å². The average molecular weight is 433 g/mol. The highest BCUT2D eigenvalue weighted by atomic mass is 19.4. The zero-order chi connectivity index (χ0) is 22.0. The number of likely N-dealkylation sites (tertiary alicyclic amines) is 1. The number of rotatable bonds is 5. The van der Waals surface area contributed by atoms with E-state index in [4.69, 9.17) is 9.72 Å². The number of carbonyl (C=O) groups is 1. The van der Waals surface area contributed by atoms with Crippen LogP contribution in [0.3, 0.4) is 0 Å². The van der Waals surface area contributed by atoms with Crippen molar-refractivity contribution in [1.82, 2.24) is 19.4 Å². The number of hydrogen-bond donors (Lipinski definition) is 1. The predicted octanol–water partition coefficient (Wildman–Crippen LogP) is 4.12. The number of benzene rings is 1. The molecule has 0 bridgehead atoms. The molecule has 10 heteroatoms.